The third kappa shape index (κ3) is 3.19. The number of ether oxygens (including phenoxy) is 1. The third-order valence-electron chi connectivity index (χ3n) is 2.65. The van der Waals surface area contributed by atoms with Crippen LogP contribution in [0.2, 0.25) is 2.82 Å². The zero-order valence-corrected chi connectivity index (χ0v) is 11.4. The molecule has 0 unspecified atom stereocenters. The highest BCUT2D eigenvalue weighted by Crippen LogP contribution is 2.21. The average Bonchev–Trinajstić information content (AvgIpc) is 3.08. The largest absolute Gasteiger partial charge is 0.447 e. The molecule has 0 aliphatic carbocycles. The van der Waals surface area contributed by atoms with Crippen molar-refractivity contribution in [2.45, 2.75) is 18.8 Å². The molecule has 2 N–H and O–H groups in total. The molecule has 1 aromatic carbocycles. The number of rotatable bonds is 5. The van der Waals surface area contributed by atoms with Crippen molar-refractivity contribution in [3.8, 4) is 0 Å². The summed E-state index contributed by atoms with van der Waals surface area (Å²) in [4.78, 5) is 13.9. The SMILES string of the molecule is [2H]c1c(C([2H])([2H])[C@]2([2H])N([2H])C(=O)OC2([2H])[2H])c([2H])c2c(C([2H])([2H])CN(C)C)cn([2H])c2c1[2H]. The zero-order chi connectivity index (χ0) is 25.5. The molecule has 0 spiro atoms. The van der Waals surface area contributed by atoms with Gasteiger partial charge in [0, 0.05) is 29.1 Å². The number of aromatic nitrogens is 1. The minimum absolute atomic E-state index is 0.197. The Balaban J connectivity index is 2.42. The van der Waals surface area contributed by atoms with Crippen LogP contribution in [0, 0.1) is 0 Å². The predicted octanol–water partition coefficient (Wildman–Crippen LogP) is 1.92. The summed E-state index contributed by atoms with van der Waals surface area (Å²) >= 11 is 0. The quantitative estimate of drug-likeness (QED) is 0.887. The summed E-state index contributed by atoms with van der Waals surface area (Å²) in [7, 11) is 3.18. The van der Waals surface area contributed by atoms with Gasteiger partial charge in [-0.2, -0.15) is 0 Å². The maximum atomic E-state index is 11.8. The fraction of sp³-hybridized carbons (Fsp3) is 0.438. The molecule has 2 heterocycles. The number of amides is 1. The lowest BCUT2D eigenvalue weighted by Crippen LogP contribution is -2.28. The van der Waals surface area contributed by atoms with Gasteiger partial charge in [0.05, 0.1) is 14.2 Å². The fourth-order valence-electron chi connectivity index (χ4n) is 1.73. The Hall–Kier alpha value is -2.01. The van der Waals surface area contributed by atoms with Crippen molar-refractivity contribution in [3.63, 3.8) is 0 Å². The number of nitrogens with one attached hydrogen (secondary N) is 2. The van der Waals surface area contributed by atoms with Crippen LogP contribution in [0.4, 0.5) is 4.79 Å². The Morgan fingerprint density at radius 3 is 3.24 bits per heavy atom. The van der Waals surface area contributed by atoms with Crippen LogP contribution in [0.15, 0.2) is 24.3 Å². The van der Waals surface area contributed by atoms with E-state index in [1.165, 1.54) is 4.90 Å². The zero-order valence-electron chi connectivity index (χ0n) is 23.4. The number of alkyl carbamates (subject to hydrolysis) is 1. The second-order valence-electron chi connectivity index (χ2n) is 4.62. The molecule has 21 heavy (non-hydrogen) atoms. The molecule has 1 amide bonds. The highest BCUT2D eigenvalue weighted by Gasteiger charge is 2.22. The van der Waals surface area contributed by atoms with E-state index >= 15 is 0 Å². The first-order valence-electron chi connectivity index (χ1n) is 12.0. The molecule has 0 bridgehead atoms. The van der Waals surface area contributed by atoms with Crippen LogP contribution in [0.5, 0.6) is 0 Å². The van der Waals surface area contributed by atoms with Crippen molar-refractivity contribution in [2.24, 2.45) is 0 Å². The molecular formula is C16H21N3O2. The van der Waals surface area contributed by atoms with E-state index in [1.54, 1.807) is 14.1 Å². The van der Waals surface area contributed by atoms with E-state index in [0.29, 0.717) is 4.98 Å². The number of hydrogen-bond donors (Lipinski definition) is 2. The Labute approximate surface area is 141 Å². The van der Waals surface area contributed by atoms with Gasteiger partial charge in [-0.25, -0.2) is 4.79 Å². The first-order valence-corrected chi connectivity index (χ1v) is 6.14. The van der Waals surface area contributed by atoms with Gasteiger partial charge in [-0.1, -0.05) is 6.04 Å². The van der Waals surface area contributed by atoms with Crippen LogP contribution in [0.3, 0.4) is 0 Å². The monoisotopic (exact) mass is 299 g/mol. The summed E-state index contributed by atoms with van der Waals surface area (Å²) in [5.41, 5.74) is -1.58. The van der Waals surface area contributed by atoms with E-state index in [2.05, 4.69) is 4.74 Å². The number of hydrogen-bond acceptors (Lipinski definition) is 3. The first-order chi connectivity index (χ1) is 14.8. The fourth-order valence-corrected chi connectivity index (χ4v) is 1.73. The molecule has 5 nitrogen and oxygen atoms in total. The van der Waals surface area contributed by atoms with Crippen LogP contribution in [0.25, 0.3) is 10.9 Å². The molecule has 1 saturated heterocycles. The van der Waals surface area contributed by atoms with Gasteiger partial charge in [0.15, 0.2) is 2.82 Å². The van der Waals surface area contributed by atoms with Gasteiger partial charge < -0.3 is 19.9 Å². The van der Waals surface area contributed by atoms with E-state index in [0.717, 1.165) is 6.20 Å². The summed E-state index contributed by atoms with van der Waals surface area (Å²) < 4.78 is 103. The highest BCUT2D eigenvalue weighted by atomic mass is 16.6. The minimum Gasteiger partial charge on any atom is -0.447 e. The Morgan fingerprint density at radius 1 is 1.67 bits per heavy atom. The number of benzene rings is 1. The summed E-state index contributed by atoms with van der Waals surface area (Å²) in [6.45, 7) is -3.56. The summed E-state index contributed by atoms with van der Waals surface area (Å²) in [5.74, 6) is 0. The van der Waals surface area contributed by atoms with Crippen LogP contribution < -0.4 is 5.31 Å². The van der Waals surface area contributed by atoms with E-state index in [-0.39, 0.29) is 28.3 Å². The number of likely N-dealkylation sites (N-methyl/N-ethyl adjacent to an activating group) is 1. The maximum Gasteiger partial charge on any atom is 0.407 e. The topological polar surface area (TPSA) is 57.4 Å². The van der Waals surface area contributed by atoms with Gasteiger partial charge in [-0.3, -0.25) is 0 Å². The maximum absolute atomic E-state index is 11.8. The van der Waals surface area contributed by atoms with Gasteiger partial charge in [-0.15, -0.1) is 0 Å². The van der Waals surface area contributed by atoms with Gasteiger partial charge in [0.25, 0.3) is 0 Å². The van der Waals surface area contributed by atoms with E-state index < -0.39 is 55.1 Å². The molecular weight excluding hydrogens is 266 g/mol. The van der Waals surface area contributed by atoms with Crippen LogP contribution >= 0.6 is 0 Å². The second-order valence-corrected chi connectivity index (χ2v) is 4.62. The van der Waals surface area contributed by atoms with Gasteiger partial charge in [-0.05, 0) is 50.1 Å². The van der Waals surface area contributed by atoms with Gasteiger partial charge >= 0.3 is 6.09 Å². The number of nitrogens with zero attached hydrogens (tertiary/aromatic N) is 1. The number of carbonyl (C=O) groups excluding carboxylic acids is 1. The number of carbonyl (C=O) groups is 1. The predicted molar refractivity (Wildman–Crippen MR) is 82.5 cm³/mol. The molecule has 0 radical (unpaired) electrons. The number of cyclic esters (lactones) is 1. The lowest BCUT2D eigenvalue weighted by Gasteiger charge is -2.09. The lowest BCUT2D eigenvalue weighted by molar-refractivity contribution is 0.177. The van der Waals surface area contributed by atoms with Crippen LogP contribution in [-0.4, -0.2) is 49.2 Å². The Morgan fingerprint density at radius 2 is 2.52 bits per heavy atom. The average molecular weight is 299 g/mol. The second kappa shape index (κ2) is 5.77. The smallest absolute Gasteiger partial charge is 0.407 e. The molecule has 5 heteroatoms. The molecule has 1 fully saturated rings. The van der Waals surface area contributed by atoms with E-state index in [1.807, 2.05) is 0 Å². The summed E-state index contributed by atoms with van der Waals surface area (Å²) in [6, 6.07) is -5.98. The number of H-pyrrole nitrogens is 1. The standard InChI is InChI=1S/C16H21N3O2/c1-19(2)6-5-12-9-17-15-4-3-11(8-14(12)15)7-13-10-21-16(20)18-13/h3-4,8-9,13,17H,5-7,10H2,1-2H3,(H,18,20)/t13-/m0/s1/i3D,4D,5D2,7D2,8D,10D2,13D/hD2. The summed E-state index contributed by atoms with van der Waals surface area (Å²) in [5, 5.41) is -0.718. The first kappa shape index (κ1) is 5.65. The van der Waals surface area contributed by atoms with Crippen molar-refractivity contribution >= 4 is 17.0 Å². The Kier molecular flexibility index (Phi) is 1.55. The molecule has 0 saturated carbocycles. The van der Waals surface area contributed by atoms with Gasteiger partial charge in [0.2, 0.25) is 0 Å². The van der Waals surface area contributed by atoms with Crippen molar-refractivity contribution in [1.29, 1.82) is 0 Å². The van der Waals surface area contributed by atoms with Crippen molar-refractivity contribution < 1.29 is 26.1 Å². The summed E-state index contributed by atoms with van der Waals surface area (Å²) in [6.07, 6.45) is -6.24. The van der Waals surface area contributed by atoms with Crippen molar-refractivity contribution in [3.05, 3.63) is 35.5 Å². The number of aromatic amines is 1. The molecule has 1 aromatic heterocycles. The normalized spacial score (nSPS) is 34.2. The van der Waals surface area contributed by atoms with Crippen LogP contribution in [-0.2, 0) is 17.5 Å². The molecule has 1 atom stereocenters. The van der Waals surface area contributed by atoms with Crippen LogP contribution in [0.1, 0.15) is 24.8 Å². The lowest BCUT2D eigenvalue weighted by atomic mass is 10.0. The van der Waals surface area contributed by atoms with Crippen molar-refractivity contribution in [1.82, 2.24) is 15.2 Å². The van der Waals surface area contributed by atoms with E-state index in [9.17, 15) is 4.79 Å². The molecule has 2 aromatic rings. The highest BCUT2D eigenvalue weighted by molar-refractivity contribution is 5.84. The van der Waals surface area contributed by atoms with E-state index in [4.69, 9.17) is 16.5 Å². The minimum atomic E-state index is -3.43. The third-order valence-corrected chi connectivity index (χ3v) is 2.65. The van der Waals surface area contributed by atoms with Crippen molar-refractivity contribution in [2.75, 3.05) is 27.2 Å². The molecule has 1 aliphatic rings. The molecule has 3 rings (SSSR count). The number of fused-ring (bicyclic) bond motifs is 1. The Bertz CT molecular complexity index is 1150. The van der Waals surface area contributed by atoms with Gasteiger partial charge in [0.1, 0.15) is 6.56 Å². The molecule has 1 aliphatic heterocycles. The molecule has 112 valence electrons.